The van der Waals surface area contributed by atoms with Gasteiger partial charge in [0.1, 0.15) is 11.5 Å². The lowest BCUT2D eigenvalue weighted by atomic mass is 10.1. The summed E-state index contributed by atoms with van der Waals surface area (Å²) in [5.41, 5.74) is 1.02. The minimum atomic E-state index is -4.51. The number of phenolic OH excluding ortho intramolecular Hbond substituents is 2. The van der Waals surface area contributed by atoms with E-state index in [1.54, 1.807) is 36.4 Å². The van der Waals surface area contributed by atoms with Crippen molar-refractivity contribution < 1.29 is 36.2 Å². The van der Waals surface area contributed by atoms with Gasteiger partial charge in [-0.25, -0.2) is 0 Å². The van der Waals surface area contributed by atoms with Crippen molar-refractivity contribution in [2.75, 3.05) is 5.32 Å². The maximum atomic E-state index is 11.4. The maximum absolute atomic E-state index is 11.4. The van der Waals surface area contributed by atoms with Crippen LogP contribution in [0.2, 0.25) is 0 Å². The molecule has 0 atom stereocenters. The number of aromatic hydroxyl groups is 2. The lowest BCUT2D eigenvalue weighted by molar-refractivity contribution is 0.470. The second-order valence-electron chi connectivity index (χ2n) is 6.83. The topological polar surface area (TPSA) is 161 Å². The van der Waals surface area contributed by atoms with E-state index in [4.69, 9.17) is 0 Å². The first-order chi connectivity index (χ1) is 14.4. The molecule has 9 nitrogen and oxygen atoms in total. The zero-order valence-electron chi connectivity index (χ0n) is 15.5. The number of rotatable bonds is 4. The standard InChI is InChI=1S/C20H15NO8S2/c22-19-9-15(30(24,25)26)7-11-5-13(1-3-17(11)19)21-14-2-4-18-12(6-14)8-16(10-20(18)23)31(27,28)29/h1-10,21-23H,(H,24,25,26)(H,27,28,29). The summed E-state index contributed by atoms with van der Waals surface area (Å²) in [6.45, 7) is 0. The van der Waals surface area contributed by atoms with E-state index in [9.17, 15) is 36.2 Å². The zero-order valence-corrected chi connectivity index (χ0v) is 17.1. The van der Waals surface area contributed by atoms with Gasteiger partial charge in [-0.05, 0) is 59.3 Å². The summed E-state index contributed by atoms with van der Waals surface area (Å²) in [5, 5.41) is 24.6. The van der Waals surface area contributed by atoms with Crippen molar-refractivity contribution in [3.63, 3.8) is 0 Å². The Labute approximate surface area is 176 Å². The monoisotopic (exact) mass is 461 g/mol. The highest BCUT2D eigenvalue weighted by Gasteiger charge is 2.15. The summed E-state index contributed by atoms with van der Waals surface area (Å²) < 4.78 is 64.1. The van der Waals surface area contributed by atoms with Gasteiger partial charge in [-0.15, -0.1) is 0 Å². The summed E-state index contributed by atoms with van der Waals surface area (Å²) in [4.78, 5) is -0.901. The molecular weight excluding hydrogens is 446 g/mol. The predicted octanol–water partition coefficient (Wildman–Crippen LogP) is 3.64. The van der Waals surface area contributed by atoms with Crippen LogP contribution in [-0.2, 0) is 20.2 Å². The normalized spacial score (nSPS) is 12.3. The van der Waals surface area contributed by atoms with Crippen molar-refractivity contribution in [3.8, 4) is 11.5 Å². The third kappa shape index (κ3) is 4.11. The molecule has 160 valence electrons. The molecule has 0 aliphatic rings. The summed E-state index contributed by atoms with van der Waals surface area (Å²) in [7, 11) is -9.01. The van der Waals surface area contributed by atoms with E-state index in [0.29, 0.717) is 32.9 Å². The van der Waals surface area contributed by atoms with Crippen molar-refractivity contribution in [2.24, 2.45) is 0 Å². The van der Waals surface area contributed by atoms with E-state index in [1.807, 2.05) is 0 Å². The minimum absolute atomic E-state index is 0.310. The Balaban J connectivity index is 1.77. The van der Waals surface area contributed by atoms with Crippen LogP contribution >= 0.6 is 0 Å². The van der Waals surface area contributed by atoms with E-state index >= 15 is 0 Å². The number of fused-ring (bicyclic) bond motifs is 2. The van der Waals surface area contributed by atoms with E-state index in [-0.39, 0.29) is 11.5 Å². The van der Waals surface area contributed by atoms with Crippen molar-refractivity contribution in [1.82, 2.24) is 0 Å². The van der Waals surface area contributed by atoms with Gasteiger partial charge in [0.25, 0.3) is 20.2 Å². The van der Waals surface area contributed by atoms with Crippen molar-refractivity contribution >= 4 is 53.2 Å². The first-order valence-electron chi connectivity index (χ1n) is 8.67. The molecule has 0 bridgehead atoms. The van der Waals surface area contributed by atoms with Crippen LogP contribution in [0.15, 0.2) is 70.5 Å². The third-order valence-corrected chi connectivity index (χ3v) is 6.36. The third-order valence-electron chi connectivity index (χ3n) is 4.69. The van der Waals surface area contributed by atoms with Crippen LogP contribution in [0, 0.1) is 0 Å². The Bertz CT molecular complexity index is 1460. The second kappa shape index (κ2) is 7.10. The number of benzene rings is 4. The van der Waals surface area contributed by atoms with Crippen molar-refractivity contribution in [2.45, 2.75) is 9.79 Å². The first-order valence-corrected chi connectivity index (χ1v) is 11.6. The molecule has 4 rings (SSSR count). The van der Waals surface area contributed by atoms with E-state index < -0.39 is 30.0 Å². The maximum Gasteiger partial charge on any atom is 0.294 e. The summed E-state index contributed by atoms with van der Waals surface area (Å²) in [6.07, 6.45) is 0. The van der Waals surface area contributed by atoms with Crippen LogP contribution in [-0.4, -0.2) is 36.2 Å². The minimum Gasteiger partial charge on any atom is -0.507 e. The van der Waals surface area contributed by atoms with E-state index in [2.05, 4.69) is 5.32 Å². The quantitative estimate of drug-likeness (QED) is 0.286. The smallest absolute Gasteiger partial charge is 0.294 e. The fourth-order valence-electron chi connectivity index (χ4n) is 3.27. The first kappa shape index (κ1) is 20.9. The summed E-state index contributed by atoms with van der Waals surface area (Å²) in [5.74, 6) is -0.619. The highest BCUT2D eigenvalue weighted by molar-refractivity contribution is 7.86. The number of phenols is 2. The number of hydrogen-bond acceptors (Lipinski definition) is 7. The average Bonchev–Trinajstić information content (AvgIpc) is 2.66. The molecule has 0 heterocycles. The van der Waals surface area contributed by atoms with E-state index in [0.717, 1.165) is 12.1 Å². The van der Waals surface area contributed by atoms with Gasteiger partial charge in [0.2, 0.25) is 0 Å². The van der Waals surface area contributed by atoms with E-state index in [1.165, 1.54) is 12.1 Å². The largest absolute Gasteiger partial charge is 0.507 e. The Morgan fingerprint density at radius 3 is 1.32 bits per heavy atom. The Kier molecular flexibility index (Phi) is 4.78. The number of anilines is 2. The fourth-order valence-corrected chi connectivity index (χ4v) is 4.34. The van der Waals surface area contributed by atoms with Gasteiger partial charge in [0.15, 0.2) is 0 Å². The van der Waals surface area contributed by atoms with Gasteiger partial charge in [-0.2, -0.15) is 16.8 Å². The number of hydrogen-bond donors (Lipinski definition) is 5. The molecule has 5 N–H and O–H groups in total. The molecule has 0 aromatic heterocycles. The van der Waals surface area contributed by atoms with Gasteiger partial charge >= 0.3 is 0 Å². The molecule has 4 aromatic carbocycles. The second-order valence-corrected chi connectivity index (χ2v) is 9.67. The molecule has 11 heteroatoms. The van der Waals surface area contributed by atoms with Crippen molar-refractivity contribution in [3.05, 3.63) is 60.7 Å². The fraction of sp³-hybridized carbons (Fsp3) is 0. The molecule has 0 aliphatic carbocycles. The molecule has 0 saturated carbocycles. The van der Waals surface area contributed by atoms with Crippen LogP contribution in [0.25, 0.3) is 21.5 Å². The van der Waals surface area contributed by atoms with Crippen molar-refractivity contribution in [1.29, 1.82) is 0 Å². The summed E-state index contributed by atoms with van der Waals surface area (Å²) >= 11 is 0. The molecule has 0 aliphatic heterocycles. The van der Waals surface area contributed by atoms with Crippen LogP contribution in [0.3, 0.4) is 0 Å². The molecule has 0 saturated heterocycles. The molecule has 31 heavy (non-hydrogen) atoms. The Hall–Kier alpha value is -3.38. The Morgan fingerprint density at radius 1 is 0.581 bits per heavy atom. The molecule has 0 fully saturated rings. The van der Waals surface area contributed by atoms with Crippen LogP contribution < -0.4 is 5.32 Å². The average molecular weight is 461 g/mol. The molecule has 4 aromatic rings. The van der Waals surface area contributed by atoms with Crippen LogP contribution in [0.5, 0.6) is 11.5 Å². The van der Waals surface area contributed by atoms with Gasteiger partial charge in [0, 0.05) is 34.3 Å². The molecule has 0 spiro atoms. The van der Waals surface area contributed by atoms with Gasteiger partial charge in [0.05, 0.1) is 9.79 Å². The lowest BCUT2D eigenvalue weighted by Crippen LogP contribution is -1.98. The van der Waals surface area contributed by atoms with Gasteiger partial charge in [-0.3, -0.25) is 9.11 Å². The summed E-state index contributed by atoms with van der Waals surface area (Å²) in [6, 6.07) is 13.8. The molecular formula is C20H15NO8S2. The zero-order chi connectivity index (χ0) is 22.6. The SMILES string of the molecule is O=S(=O)(O)c1cc(O)c2ccc(Nc3ccc4c(O)cc(S(=O)(=O)O)cc4c3)cc2c1. The highest BCUT2D eigenvalue weighted by atomic mass is 32.2. The van der Waals surface area contributed by atoms with Crippen LogP contribution in [0.4, 0.5) is 11.4 Å². The van der Waals surface area contributed by atoms with Gasteiger partial charge < -0.3 is 15.5 Å². The van der Waals surface area contributed by atoms with Crippen LogP contribution in [0.1, 0.15) is 0 Å². The number of nitrogens with one attached hydrogen (secondary N) is 1. The Morgan fingerprint density at radius 2 is 0.968 bits per heavy atom. The lowest BCUT2D eigenvalue weighted by Gasteiger charge is -2.11. The predicted molar refractivity (Wildman–Crippen MR) is 114 cm³/mol. The molecule has 0 amide bonds. The molecule has 0 radical (unpaired) electrons. The molecule has 0 unspecified atom stereocenters. The highest BCUT2D eigenvalue weighted by Crippen LogP contribution is 2.34. The van der Waals surface area contributed by atoms with Gasteiger partial charge in [-0.1, -0.05) is 0 Å².